The van der Waals surface area contributed by atoms with Gasteiger partial charge in [-0.05, 0) is 45.4 Å². The van der Waals surface area contributed by atoms with E-state index in [1.165, 1.54) is 0 Å². The lowest BCUT2D eigenvalue weighted by Crippen LogP contribution is -2.42. The van der Waals surface area contributed by atoms with Crippen molar-refractivity contribution in [1.29, 1.82) is 5.26 Å². The number of nitriles is 1. The Hall–Kier alpha value is -1.24. The minimum atomic E-state index is -0.483. The van der Waals surface area contributed by atoms with Crippen molar-refractivity contribution in [3.63, 3.8) is 0 Å². The van der Waals surface area contributed by atoms with Crippen LogP contribution in [0.5, 0.6) is 0 Å². The summed E-state index contributed by atoms with van der Waals surface area (Å²) in [5.74, 6) is 0.969. The molecule has 4 heteroatoms. The van der Waals surface area contributed by atoms with Crippen LogP contribution >= 0.6 is 0 Å². The fourth-order valence-electron chi connectivity index (χ4n) is 2.49. The first-order chi connectivity index (χ1) is 8.20. The van der Waals surface area contributed by atoms with Crippen molar-refractivity contribution in [2.45, 2.75) is 65.0 Å². The van der Waals surface area contributed by atoms with Crippen molar-refractivity contribution in [2.24, 2.45) is 11.8 Å². The summed E-state index contributed by atoms with van der Waals surface area (Å²) in [5, 5.41) is 11.7. The second-order valence-electron chi connectivity index (χ2n) is 6.50. The van der Waals surface area contributed by atoms with Gasteiger partial charge in [0, 0.05) is 12.0 Å². The fourth-order valence-corrected chi connectivity index (χ4v) is 2.49. The highest BCUT2D eigenvalue weighted by atomic mass is 16.6. The van der Waals surface area contributed by atoms with Crippen LogP contribution in [0.2, 0.25) is 0 Å². The molecule has 0 aliphatic heterocycles. The smallest absolute Gasteiger partial charge is 0.408 e. The molecule has 1 fully saturated rings. The first-order valence-corrected chi connectivity index (χ1v) is 6.58. The van der Waals surface area contributed by atoms with Crippen molar-refractivity contribution in [3.8, 4) is 6.07 Å². The summed E-state index contributed by atoms with van der Waals surface area (Å²) in [7, 11) is 0. The van der Waals surface area contributed by atoms with Crippen LogP contribution in [0, 0.1) is 23.2 Å². The van der Waals surface area contributed by atoms with Gasteiger partial charge in [0.1, 0.15) is 5.60 Å². The van der Waals surface area contributed by atoms with Crippen LogP contribution in [0.25, 0.3) is 0 Å². The van der Waals surface area contributed by atoms with Gasteiger partial charge in [0.25, 0.3) is 0 Å². The molecule has 0 radical (unpaired) electrons. The molecule has 0 aromatic heterocycles. The first kappa shape index (κ1) is 14.8. The van der Waals surface area contributed by atoms with Crippen LogP contribution in [0.1, 0.15) is 53.9 Å². The SMILES string of the molecule is CC(C)C1CC1(CCC#N)NC(=O)OC(C)(C)C. The van der Waals surface area contributed by atoms with E-state index in [1.54, 1.807) is 0 Å². The van der Waals surface area contributed by atoms with E-state index < -0.39 is 5.60 Å². The quantitative estimate of drug-likeness (QED) is 0.835. The van der Waals surface area contributed by atoms with E-state index in [0.29, 0.717) is 24.7 Å². The van der Waals surface area contributed by atoms with Crippen LogP contribution in [0.15, 0.2) is 0 Å². The molecule has 0 spiro atoms. The molecule has 0 heterocycles. The zero-order chi connectivity index (χ0) is 14.0. The van der Waals surface area contributed by atoms with Gasteiger partial charge in [-0.15, -0.1) is 0 Å². The molecule has 1 N–H and O–H groups in total. The normalized spacial score (nSPS) is 26.6. The molecule has 1 amide bonds. The molecule has 2 atom stereocenters. The Morgan fingerprint density at radius 2 is 2.17 bits per heavy atom. The molecule has 1 aliphatic carbocycles. The number of rotatable bonds is 4. The Bertz CT molecular complexity index is 352. The molecular formula is C14H24N2O2. The highest BCUT2D eigenvalue weighted by Gasteiger charge is 2.56. The van der Waals surface area contributed by atoms with Crippen LogP contribution in [-0.2, 0) is 4.74 Å². The molecule has 18 heavy (non-hydrogen) atoms. The average Bonchev–Trinajstić information content (AvgIpc) is 2.87. The Labute approximate surface area is 110 Å². The number of carbonyl (C=O) groups excluding carboxylic acids is 1. The van der Waals surface area contributed by atoms with Gasteiger partial charge in [-0.3, -0.25) is 0 Å². The number of alkyl carbamates (subject to hydrolysis) is 1. The van der Waals surface area contributed by atoms with Gasteiger partial charge in [-0.1, -0.05) is 13.8 Å². The largest absolute Gasteiger partial charge is 0.444 e. The summed E-state index contributed by atoms with van der Waals surface area (Å²) in [6.07, 6.45) is 1.76. The molecule has 0 aromatic carbocycles. The predicted octanol–water partition coefficient (Wildman–Crippen LogP) is 3.23. The van der Waals surface area contributed by atoms with E-state index in [0.717, 1.165) is 6.42 Å². The minimum absolute atomic E-state index is 0.216. The van der Waals surface area contributed by atoms with E-state index in [4.69, 9.17) is 10.00 Å². The van der Waals surface area contributed by atoms with Crippen molar-refractivity contribution < 1.29 is 9.53 Å². The number of nitrogens with zero attached hydrogens (tertiary/aromatic N) is 1. The fraction of sp³-hybridized carbons (Fsp3) is 0.857. The van der Waals surface area contributed by atoms with E-state index in [2.05, 4.69) is 25.2 Å². The Balaban J connectivity index is 2.60. The Morgan fingerprint density at radius 3 is 2.56 bits per heavy atom. The summed E-state index contributed by atoms with van der Waals surface area (Å²) in [6, 6.07) is 2.15. The third kappa shape index (κ3) is 3.90. The minimum Gasteiger partial charge on any atom is -0.444 e. The summed E-state index contributed by atoms with van der Waals surface area (Å²) >= 11 is 0. The van der Waals surface area contributed by atoms with Crippen molar-refractivity contribution in [2.75, 3.05) is 0 Å². The van der Waals surface area contributed by atoms with Crippen molar-refractivity contribution in [1.82, 2.24) is 5.32 Å². The van der Waals surface area contributed by atoms with E-state index in [1.807, 2.05) is 20.8 Å². The van der Waals surface area contributed by atoms with Gasteiger partial charge in [0.05, 0.1) is 6.07 Å². The highest BCUT2D eigenvalue weighted by molar-refractivity contribution is 5.69. The average molecular weight is 252 g/mol. The van der Waals surface area contributed by atoms with E-state index >= 15 is 0 Å². The van der Waals surface area contributed by atoms with Gasteiger partial charge in [-0.25, -0.2) is 4.79 Å². The maximum absolute atomic E-state index is 11.8. The molecule has 0 saturated heterocycles. The van der Waals surface area contributed by atoms with Gasteiger partial charge in [-0.2, -0.15) is 5.26 Å². The second kappa shape index (κ2) is 5.17. The molecule has 2 unspecified atom stereocenters. The third-order valence-electron chi connectivity index (χ3n) is 3.37. The lowest BCUT2D eigenvalue weighted by Gasteiger charge is -2.24. The molecule has 0 bridgehead atoms. The molecule has 4 nitrogen and oxygen atoms in total. The lowest BCUT2D eigenvalue weighted by molar-refractivity contribution is 0.0485. The zero-order valence-electron chi connectivity index (χ0n) is 12.0. The van der Waals surface area contributed by atoms with Crippen LogP contribution < -0.4 is 5.32 Å². The van der Waals surface area contributed by atoms with Gasteiger partial charge < -0.3 is 10.1 Å². The van der Waals surface area contributed by atoms with E-state index in [9.17, 15) is 4.79 Å². The number of nitrogens with one attached hydrogen (secondary N) is 1. The predicted molar refractivity (Wildman–Crippen MR) is 69.9 cm³/mol. The summed E-state index contributed by atoms with van der Waals surface area (Å²) in [6.45, 7) is 9.84. The van der Waals surface area contributed by atoms with Crippen LogP contribution in [0.3, 0.4) is 0 Å². The maximum atomic E-state index is 11.8. The standard InChI is InChI=1S/C14H24N2O2/c1-10(2)11-9-14(11,7-6-8-15)16-12(17)18-13(3,4)5/h10-11H,6-7,9H2,1-5H3,(H,16,17). The van der Waals surface area contributed by atoms with E-state index in [-0.39, 0.29) is 11.6 Å². The second-order valence-corrected chi connectivity index (χ2v) is 6.50. The Kier molecular flexibility index (Phi) is 4.26. The van der Waals surface area contributed by atoms with Crippen molar-refractivity contribution in [3.05, 3.63) is 0 Å². The number of hydrogen-bond donors (Lipinski definition) is 1. The summed E-state index contributed by atoms with van der Waals surface area (Å²) < 4.78 is 5.29. The van der Waals surface area contributed by atoms with Crippen LogP contribution in [0.4, 0.5) is 4.79 Å². The topological polar surface area (TPSA) is 62.1 Å². The monoisotopic (exact) mass is 252 g/mol. The molecule has 1 rings (SSSR count). The van der Waals surface area contributed by atoms with Gasteiger partial charge >= 0.3 is 6.09 Å². The van der Waals surface area contributed by atoms with Crippen molar-refractivity contribution >= 4 is 6.09 Å². The molecule has 102 valence electrons. The third-order valence-corrected chi connectivity index (χ3v) is 3.37. The van der Waals surface area contributed by atoms with Crippen LogP contribution in [-0.4, -0.2) is 17.2 Å². The lowest BCUT2D eigenvalue weighted by atomic mass is 10.0. The number of ether oxygens (including phenoxy) is 1. The molecular weight excluding hydrogens is 228 g/mol. The van der Waals surface area contributed by atoms with Gasteiger partial charge in [0.2, 0.25) is 0 Å². The number of carbonyl (C=O) groups is 1. The molecule has 1 aliphatic rings. The summed E-state index contributed by atoms with van der Waals surface area (Å²) in [4.78, 5) is 11.8. The highest BCUT2D eigenvalue weighted by Crippen LogP contribution is 2.51. The number of hydrogen-bond acceptors (Lipinski definition) is 3. The number of amides is 1. The zero-order valence-corrected chi connectivity index (χ0v) is 12.0. The Morgan fingerprint density at radius 1 is 1.56 bits per heavy atom. The first-order valence-electron chi connectivity index (χ1n) is 6.58. The van der Waals surface area contributed by atoms with Gasteiger partial charge in [0.15, 0.2) is 0 Å². The summed E-state index contributed by atoms with van der Waals surface area (Å²) in [5.41, 5.74) is -0.699. The molecule has 1 saturated carbocycles. The maximum Gasteiger partial charge on any atom is 0.408 e. The molecule has 0 aromatic rings.